The van der Waals surface area contributed by atoms with E-state index in [1.54, 1.807) is 13.0 Å². The second-order valence-electron chi connectivity index (χ2n) is 5.99. The van der Waals surface area contributed by atoms with Crippen LogP contribution in [0.5, 0.6) is 0 Å². The van der Waals surface area contributed by atoms with Crippen LogP contribution in [0.3, 0.4) is 0 Å². The smallest absolute Gasteiger partial charge is 0.303 e. The Balaban J connectivity index is 2.89. The minimum atomic E-state index is -1.44. The topological polar surface area (TPSA) is 83.8 Å². The zero-order chi connectivity index (χ0) is 16.8. The zero-order valence-corrected chi connectivity index (χ0v) is 13.8. The van der Waals surface area contributed by atoms with Gasteiger partial charge in [0.15, 0.2) is 11.4 Å². The number of esters is 1. The van der Waals surface area contributed by atoms with Crippen LogP contribution in [0.15, 0.2) is 11.8 Å². The molecular weight excluding hydrogens is 284 g/mol. The number of carbonyl (C=O) groups excluding carboxylic acids is 2. The summed E-state index contributed by atoms with van der Waals surface area (Å²) in [5.74, 6) is -1.81. The summed E-state index contributed by atoms with van der Waals surface area (Å²) in [6, 6.07) is 0. The number of aliphatic hydroxyl groups excluding tert-OH is 2. The van der Waals surface area contributed by atoms with Crippen molar-refractivity contribution in [3.63, 3.8) is 0 Å². The number of unbranched alkanes of at least 4 members (excludes halogenated alkanes) is 4. The van der Waals surface area contributed by atoms with Gasteiger partial charge in [0.25, 0.3) is 0 Å². The van der Waals surface area contributed by atoms with Crippen molar-refractivity contribution in [2.75, 3.05) is 0 Å². The number of ketones is 1. The van der Waals surface area contributed by atoms with Gasteiger partial charge in [0.1, 0.15) is 0 Å². The second-order valence-corrected chi connectivity index (χ2v) is 5.99. The summed E-state index contributed by atoms with van der Waals surface area (Å²) in [6.45, 7) is 5.08. The first-order chi connectivity index (χ1) is 10.4. The molecule has 0 aromatic carbocycles. The molecule has 3 atom stereocenters. The van der Waals surface area contributed by atoms with E-state index in [0.29, 0.717) is 6.42 Å². The SMILES string of the molecule is CCCCCC/C=C(\O)C1C(O)CC(=O)C1(CC)OC(C)=O. The van der Waals surface area contributed by atoms with Crippen LogP contribution in [0.25, 0.3) is 0 Å². The molecule has 1 aliphatic rings. The fraction of sp³-hybridized carbons (Fsp3) is 0.765. The van der Waals surface area contributed by atoms with Gasteiger partial charge in [0, 0.05) is 13.3 Å². The third kappa shape index (κ3) is 4.09. The number of carbonyl (C=O) groups is 2. The molecule has 2 N–H and O–H groups in total. The number of Topliss-reactive ketones (excluding diaryl/α,β-unsaturated/α-hetero) is 1. The Morgan fingerprint density at radius 3 is 2.59 bits per heavy atom. The molecule has 1 fully saturated rings. The van der Waals surface area contributed by atoms with Crippen molar-refractivity contribution < 1.29 is 24.5 Å². The Morgan fingerprint density at radius 1 is 1.36 bits per heavy atom. The maximum absolute atomic E-state index is 12.2. The standard InChI is InChI=1S/C17H28O5/c1-4-6-7-8-9-10-13(19)16-14(20)11-15(21)17(16,5-2)22-12(3)18/h10,14,16,19-20H,4-9,11H2,1-3H3/b13-10-. The van der Waals surface area contributed by atoms with Gasteiger partial charge in [-0.2, -0.15) is 0 Å². The van der Waals surface area contributed by atoms with Gasteiger partial charge in [-0.25, -0.2) is 0 Å². The fourth-order valence-corrected chi connectivity index (χ4v) is 3.21. The highest BCUT2D eigenvalue weighted by atomic mass is 16.6. The minimum Gasteiger partial charge on any atom is -0.512 e. The maximum atomic E-state index is 12.2. The highest BCUT2D eigenvalue weighted by Gasteiger charge is 2.58. The van der Waals surface area contributed by atoms with E-state index in [-0.39, 0.29) is 24.4 Å². The highest BCUT2D eigenvalue weighted by Crippen LogP contribution is 2.42. The lowest BCUT2D eigenvalue weighted by Crippen LogP contribution is -2.46. The zero-order valence-electron chi connectivity index (χ0n) is 13.8. The molecule has 0 aromatic heterocycles. The molecule has 3 unspecified atom stereocenters. The molecule has 0 saturated heterocycles. The molecule has 1 saturated carbocycles. The summed E-state index contributed by atoms with van der Waals surface area (Å²) in [7, 11) is 0. The number of aliphatic hydroxyl groups is 2. The van der Waals surface area contributed by atoms with Crippen LogP contribution in [0.2, 0.25) is 0 Å². The van der Waals surface area contributed by atoms with Crippen molar-refractivity contribution in [3.8, 4) is 0 Å². The number of hydrogen-bond acceptors (Lipinski definition) is 5. The van der Waals surface area contributed by atoms with Crippen molar-refractivity contribution >= 4 is 11.8 Å². The molecule has 0 aliphatic heterocycles. The number of rotatable bonds is 8. The molecule has 0 spiro atoms. The molecule has 0 amide bonds. The Kier molecular flexibility index (Phi) is 7.07. The summed E-state index contributed by atoms with van der Waals surface area (Å²) in [6.07, 6.45) is 5.76. The predicted molar refractivity (Wildman–Crippen MR) is 83.4 cm³/mol. The van der Waals surface area contributed by atoms with Gasteiger partial charge in [-0.3, -0.25) is 9.59 Å². The first-order valence-corrected chi connectivity index (χ1v) is 8.19. The largest absolute Gasteiger partial charge is 0.512 e. The van der Waals surface area contributed by atoms with E-state index in [0.717, 1.165) is 25.7 Å². The van der Waals surface area contributed by atoms with Gasteiger partial charge in [0.05, 0.1) is 17.8 Å². The van der Waals surface area contributed by atoms with Crippen LogP contribution < -0.4 is 0 Å². The number of allylic oxidation sites excluding steroid dienone is 1. The van der Waals surface area contributed by atoms with Crippen LogP contribution in [-0.2, 0) is 14.3 Å². The average Bonchev–Trinajstić information content (AvgIpc) is 2.69. The summed E-state index contributed by atoms with van der Waals surface area (Å²) in [5, 5.41) is 20.5. The van der Waals surface area contributed by atoms with Gasteiger partial charge in [-0.15, -0.1) is 0 Å². The van der Waals surface area contributed by atoms with Crippen LogP contribution in [-0.4, -0.2) is 33.7 Å². The Bertz CT molecular complexity index is 429. The lowest BCUT2D eigenvalue weighted by molar-refractivity contribution is -0.169. The molecule has 126 valence electrons. The van der Waals surface area contributed by atoms with Crippen molar-refractivity contribution in [2.24, 2.45) is 5.92 Å². The molecule has 5 heteroatoms. The average molecular weight is 312 g/mol. The van der Waals surface area contributed by atoms with Crippen LogP contribution in [0, 0.1) is 5.92 Å². The lowest BCUT2D eigenvalue weighted by atomic mass is 9.84. The molecule has 0 radical (unpaired) electrons. The first kappa shape index (κ1) is 18.7. The van der Waals surface area contributed by atoms with Crippen LogP contribution in [0.1, 0.15) is 65.7 Å². The van der Waals surface area contributed by atoms with Crippen LogP contribution >= 0.6 is 0 Å². The number of hydrogen-bond donors (Lipinski definition) is 2. The van der Waals surface area contributed by atoms with E-state index in [9.17, 15) is 19.8 Å². The summed E-state index contributed by atoms with van der Waals surface area (Å²) >= 11 is 0. The molecule has 5 nitrogen and oxygen atoms in total. The Labute approximate surface area is 132 Å². The van der Waals surface area contributed by atoms with Crippen LogP contribution in [0.4, 0.5) is 0 Å². The highest BCUT2D eigenvalue weighted by molar-refractivity contribution is 5.93. The van der Waals surface area contributed by atoms with E-state index < -0.39 is 23.6 Å². The molecule has 22 heavy (non-hydrogen) atoms. The maximum Gasteiger partial charge on any atom is 0.303 e. The predicted octanol–water partition coefficient (Wildman–Crippen LogP) is 3.06. The van der Waals surface area contributed by atoms with E-state index in [1.807, 2.05) is 0 Å². The van der Waals surface area contributed by atoms with Crippen molar-refractivity contribution in [1.82, 2.24) is 0 Å². The Morgan fingerprint density at radius 2 is 2.05 bits per heavy atom. The van der Waals surface area contributed by atoms with Crippen molar-refractivity contribution in [3.05, 3.63) is 11.8 Å². The van der Waals surface area contributed by atoms with Gasteiger partial charge < -0.3 is 14.9 Å². The first-order valence-electron chi connectivity index (χ1n) is 8.19. The summed E-state index contributed by atoms with van der Waals surface area (Å²) < 4.78 is 5.26. The van der Waals surface area contributed by atoms with Crippen molar-refractivity contribution in [2.45, 2.75) is 77.4 Å². The lowest BCUT2D eigenvalue weighted by Gasteiger charge is -2.32. The van der Waals surface area contributed by atoms with Crippen molar-refractivity contribution in [1.29, 1.82) is 0 Å². The van der Waals surface area contributed by atoms with Gasteiger partial charge in [0.2, 0.25) is 0 Å². The fourth-order valence-electron chi connectivity index (χ4n) is 3.21. The van der Waals surface area contributed by atoms with E-state index in [4.69, 9.17) is 4.74 Å². The third-order valence-corrected chi connectivity index (χ3v) is 4.33. The summed E-state index contributed by atoms with van der Waals surface area (Å²) in [5.41, 5.74) is -1.44. The monoisotopic (exact) mass is 312 g/mol. The molecular formula is C17H28O5. The van der Waals surface area contributed by atoms with E-state index in [2.05, 4.69) is 6.92 Å². The molecule has 0 heterocycles. The van der Waals surface area contributed by atoms with Gasteiger partial charge in [-0.1, -0.05) is 33.1 Å². The molecule has 1 rings (SSSR count). The Hall–Kier alpha value is -1.36. The summed E-state index contributed by atoms with van der Waals surface area (Å²) in [4.78, 5) is 23.6. The second kappa shape index (κ2) is 8.32. The van der Waals surface area contributed by atoms with Gasteiger partial charge >= 0.3 is 5.97 Å². The molecule has 0 aromatic rings. The van der Waals surface area contributed by atoms with E-state index in [1.165, 1.54) is 6.92 Å². The van der Waals surface area contributed by atoms with Gasteiger partial charge in [-0.05, 0) is 25.3 Å². The third-order valence-electron chi connectivity index (χ3n) is 4.33. The normalized spacial score (nSPS) is 28.9. The number of ether oxygens (including phenoxy) is 1. The molecule has 0 bridgehead atoms. The minimum absolute atomic E-state index is 0.0436. The molecule has 1 aliphatic carbocycles. The quantitative estimate of drug-likeness (QED) is 0.409. The van der Waals surface area contributed by atoms with E-state index >= 15 is 0 Å².